The van der Waals surface area contributed by atoms with E-state index in [2.05, 4.69) is 4.98 Å². The van der Waals surface area contributed by atoms with Crippen molar-refractivity contribution in [2.75, 3.05) is 13.7 Å². The molecule has 2 rings (SSSR count). The average molecular weight is 179 g/mol. The van der Waals surface area contributed by atoms with Gasteiger partial charge in [-0.2, -0.15) is 0 Å². The van der Waals surface area contributed by atoms with Crippen LogP contribution in [-0.4, -0.2) is 24.3 Å². The highest BCUT2D eigenvalue weighted by Crippen LogP contribution is 2.38. The van der Waals surface area contributed by atoms with Crippen molar-refractivity contribution in [3.63, 3.8) is 0 Å². The van der Waals surface area contributed by atoms with Crippen LogP contribution in [0, 0.1) is 0 Å². The fourth-order valence-corrected chi connectivity index (χ4v) is 1.18. The van der Waals surface area contributed by atoms with Gasteiger partial charge in [-0.15, -0.1) is 0 Å². The first kappa shape index (κ1) is 8.51. The van der Waals surface area contributed by atoms with Crippen molar-refractivity contribution in [3.05, 3.63) is 24.4 Å². The molecule has 0 aliphatic heterocycles. The maximum Gasteiger partial charge on any atom is 0.213 e. The third kappa shape index (κ3) is 1.98. The summed E-state index contributed by atoms with van der Waals surface area (Å²) in [6, 6.07) is 5.64. The Morgan fingerprint density at radius 2 is 2.31 bits per heavy atom. The van der Waals surface area contributed by atoms with Gasteiger partial charge < -0.3 is 9.47 Å². The van der Waals surface area contributed by atoms with Gasteiger partial charge in [0.25, 0.3) is 0 Å². The van der Waals surface area contributed by atoms with E-state index in [0.717, 1.165) is 12.8 Å². The molecule has 0 N–H and O–H groups in total. The van der Waals surface area contributed by atoms with E-state index in [4.69, 9.17) is 9.47 Å². The van der Waals surface area contributed by atoms with Gasteiger partial charge in [0.1, 0.15) is 12.2 Å². The topological polar surface area (TPSA) is 31.4 Å². The van der Waals surface area contributed by atoms with Crippen molar-refractivity contribution in [3.8, 4) is 5.88 Å². The SMILES string of the molecule is COC1(COc2ccccn2)CC1. The maximum atomic E-state index is 5.49. The molecule has 1 aromatic rings. The van der Waals surface area contributed by atoms with Crippen LogP contribution in [0.3, 0.4) is 0 Å². The summed E-state index contributed by atoms with van der Waals surface area (Å²) in [7, 11) is 1.73. The summed E-state index contributed by atoms with van der Waals surface area (Å²) < 4.78 is 10.8. The van der Waals surface area contributed by atoms with E-state index in [1.807, 2.05) is 18.2 Å². The lowest BCUT2D eigenvalue weighted by atomic mass is 10.4. The summed E-state index contributed by atoms with van der Waals surface area (Å²) in [6.07, 6.45) is 3.91. The van der Waals surface area contributed by atoms with Gasteiger partial charge >= 0.3 is 0 Å². The third-order valence-corrected chi connectivity index (χ3v) is 2.36. The number of hydrogen-bond donors (Lipinski definition) is 0. The van der Waals surface area contributed by atoms with Crippen LogP contribution in [0.5, 0.6) is 5.88 Å². The highest BCUT2D eigenvalue weighted by molar-refractivity contribution is 5.10. The number of nitrogens with zero attached hydrogens (tertiary/aromatic N) is 1. The molecule has 0 radical (unpaired) electrons. The van der Waals surface area contributed by atoms with Crippen molar-refractivity contribution in [1.82, 2.24) is 4.98 Å². The van der Waals surface area contributed by atoms with Crippen LogP contribution in [0.1, 0.15) is 12.8 Å². The second-order valence-corrected chi connectivity index (χ2v) is 3.34. The molecule has 1 heterocycles. The summed E-state index contributed by atoms with van der Waals surface area (Å²) in [6.45, 7) is 0.612. The minimum atomic E-state index is -0.0163. The zero-order chi connectivity index (χ0) is 9.15. The molecular formula is C10H13NO2. The molecule has 0 aromatic carbocycles. The quantitative estimate of drug-likeness (QED) is 0.704. The lowest BCUT2D eigenvalue weighted by Crippen LogP contribution is -2.21. The van der Waals surface area contributed by atoms with Crippen molar-refractivity contribution >= 4 is 0 Å². The number of aromatic nitrogens is 1. The van der Waals surface area contributed by atoms with E-state index < -0.39 is 0 Å². The molecule has 0 spiro atoms. The standard InChI is InChI=1S/C10H13NO2/c1-12-10(5-6-10)8-13-9-4-2-3-7-11-9/h2-4,7H,5-6,8H2,1H3. The Hall–Kier alpha value is -1.09. The van der Waals surface area contributed by atoms with Crippen molar-refractivity contribution in [2.24, 2.45) is 0 Å². The molecule has 70 valence electrons. The number of methoxy groups -OCH3 is 1. The van der Waals surface area contributed by atoms with Crippen LogP contribution in [0.4, 0.5) is 0 Å². The van der Waals surface area contributed by atoms with Gasteiger partial charge in [-0.3, -0.25) is 0 Å². The zero-order valence-corrected chi connectivity index (χ0v) is 7.69. The first-order chi connectivity index (χ1) is 6.35. The molecule has 0 atom stereocenters. The summed E-state index contributed by atoms with van der Waals surface area (Å²) in [5.41, 5.74) is -0.0163. The van der Waals surface area contributed by atoms with E-state index in [1.54, 1.807) is 13.3 Å². The summed E-state index contributed by atoms with van der Waals surface area (Å²) in [4.78, 5) is 4.07. The van der Waals surface area contributed by atoms with Gasteiger partial charge in [0, 0.05) is 19.4 Å². The highest BCUT2D eigenvalue weighted by atomic mass is 16.5. The summed E-state index contributed by atoms with van der Waals surface area (Å²) in [5, 5.41) is 0. The third-order valence-electron chi connectivity index (χ3n) is 2.36. The van der Waals surface area contributed by atoms with E-state index in [1.165, 1.54) is 0 Å². The Morgan fingerprint density at radius 1 is 1.46 bits per heavy atom. The second kappa shape index (κ2) is 3.34. The van der Waals surface area contributed by atoms with Gasteiger partial charge in [-0.05, 0) is 18.9 Å². The Morgan fingerprint density at radius 3 is 2.85 bits per heavy atom. The number of rotatable bonds is 4. The Bertz CT molecular complexity index is 270. The number of hydrogen-bond acceptors (Lipinski definition) is 3. The number of pyridine rings is 1. The Kier molecular flexibility index (Phi) is 2.19. The average Bonchev–Trinajstić information content (AvgIpc) is 2.97. The molecule has 1 fully saturated rings. The fourth-order valence-electron chi connectivity index (χ4n) is 1.18. The fraction of sp³-hybridized carbons (Fsp3) is 0.500. The lowest BCUT2D eigenvalue weighted by molar-refractivity contribution is 0.0355. The molecule has 0 saturated heterocycles. The monoisotopic (exact) mass is 179 g/mol. The normalized spacial score (nSPS) is 18.2. The predicted molar refractivity (Wildman–Crippen MR) is 48.7 cm³/mol. The largest absolute Gasteiger partial charge is 0.475 e. The second-order valence-electron chi connectivity index (χ2n) is 3.34. The van der Waals surface area contributed by atoms with Crippen LogP contribution in [-0.2, 0) is 4.74 Å². The molecule has 3 nitrogen and oxygen atoms in total. The minimum Gasteiger partial charge on any atom is -0.475 e. The molecule has 0 unspecified atom stereocenters. The lowest BCUT2D eigenvalue weighted by Gasteiger charge is -2.13. The number of ether oxygens (including phenoxy) is 2. The van der Waals surface area contributed by atoms with E-state index in [0.29, 0.717) is 12.5 Å². The Labute approximate surface area is 77.7 Å². The van der Waals surface area contributed by atoms with Gasteiger partial charge in [0.2, 0.25) is 5.88 Å². The van der Waals surface area contributed by atoms with Gasteiger partial charge in [0.15, 0.2) is 0 Å². The summed E-state index contributed by atoms with van der Waals surface area (Å²) in [5.74, 6) is 0.672. The predicted octanol–water partition coefficient (Wildman–Crippen LogP) is 1.64. The van der Waals surface area contributed by atoms with Gasteiger partial charge in [-0.25, -0.2) is 4.98 Å². The van der Waals surface area contributed by atoms with Crippen LogP contribution >= 0.6 is 0 Å². The first-order valence-electron chi connectivity index (χ1n) is 4.44. The van der Waals surface area contributed by atoms with Gasteiger partial charge in [-0.1, -0.05) is 6.07 Å². The van der Waals surface area contributed by atoms with Crippen molar-refractivity contribution < 1.29 is 9.47 Å². The molecular weight excluding hydrogens is 166 g/mol. The van der Waals surface area contributed by atoms with E-state index in [-0.39, 0.29) is 5.60 Å². The van der Waals surface area contributed by atoms with Crippen LogP contribution < -0.4 is 4.74 Å². The first-order valence-corrected chi connectivity index (χ1v) is 4.44. The van der Waals surface area contributed by atoms with E-state index in [9.17, 15) is 0 Å². The molecule has 0 bridgehead atoms. The highest BCUT2D eigenvalue weighted by Gasteiger charge is 2.44. The maximum absolute atomic E-state index is 5.49. The van der Waals surface area contributed by atoms with Crippen LogP contribution in [0.2, 0.25) is 0 Å². The molecule has 1 saturated carbocycles. The van der Waals surface area contributed by atoms with Crippen molar-refractivity contribution in [2.45, 2.75) is 18.4 Å². The summed E-state index contributed by atoms with van der Waals surface area (Å²) >= 11 is 0. The van der Waals surface area contributed by atoms with Crippen LogP contribution in [0.15, 0.2) is 24.4 Å². The molecule has 1 aliphatic carbocycles. The molecule has 0 amide bonds. The Balaban J connectivity index is 1.86. The molecule has 1 aromatic heterocycles. The van der Waals surface area contributed by atoms with Crippen molar-refractivity contribution in [1.29, 1.82) is 0 Å². The minimum absolute atomic E-state index is 0.0163. The van der Waals surface area contributed by atoms with E-state index >= 15 is 0 Å². The van der Waals surface area contributed by atoms with Gasteiger partial charge in [0.05, 0.1) is 0 Å². The zero-order valence-electron chi connectivity index (χ0n) is 7.69. The van der Waals surface area contributed by atoms with Crippen LogP contribution in [0.25, 0.3) is 0 Å². The molecule has 1 aliphatic rings. The molecule has 13 heavy (non-hydrogen) atoms. The smallest absolute Gasteiger partial charge is 0.213 e. The molecule has 3 heteroatoms.